The van der Waals surface area contributed by atoms with Crippen molar-refractivity contribution in [3.05, 3.63) is 78.3 Å². The van der Waals surface area contributed by atoms with E-state index in [0.717, 1.165) is 55.4 Å². The van der Waals surface area contributed by atoms with E-state index in [0.29, 0.717) is 11.7 Å². The molecule has 1 aliphatic heterocycles. The molecule has 180 valence electrons. The van der Waals surface area contributed by atoms with E-state index in [9.17, 15) is 8.78 Å². The first kappa shape index (κ1) is 22.9. The summed E-state index contributed by atoms with van der Waals surface area (Å²) in [5.41, 5.74) is 4.08. The first-order valence-electron chi connectivity index (χ1n) is 11.8. The lowest BCUT2D eigenvalue weighted by molar-refractivity contribution is 0.460. The van der Waals surface area contributed by atoms with E-state index in [2.05, 4.69) is 43.1 Å². The second kappa shape index (κ2) is 10.2. The zero-order chi connectivity index (χ0) is 24.2. The molecule has 0 bridgehead atoms. The number of piperidine rings is 1. The van der Waals surface area contributed by atoms with Crippen LogP contribution in [0.1, 0.15) is 31.2 Å². The van der Waals surface area contributed by atoms with Crippen molar-refractivity contribution in [2.24, 2.45) is 0 Å². The SMILES string of the molecule is CCn1cc(-c2cnc(Nc3cc(F)cc(F)c3)nc2Nc2ccc(C3CCNCC3)cc2)cn1. The molecular weight excluding hydrogens is 448 g/mol. The Morgan fingerprint density at radius 1 is 0.971 bits per heavy atom. The number of halogens is 2. The Bertz CT molecular complexity index is 1280. The van der Waals surface area contributed by atoms with Gasteiger partial charge >= 0.3 is 0 Å². The van der Waals surface area contributed by atoms with Crippen LogP contribution in [0.5, 0.6) is 0 Å². The second-order valence-electron chi connectivity index (χ2n) is 8.60. The number of nitrogens with zero attached hydrogens (tertiary/aromatic N) is 4. The van der Waals surface area contributed by atoms with Crippen LogP contribution in [-0.2, 0) is 6.54 Å². The minimum absolute atomic E-state index is 0.218. The number of aromatic nitrogens is 4. The molecule has 7 nitrogen and oxygen atoms in total. The predicted octanol–water partition coefficient (Wildman–Crippen LogP) is 5.59. The Morgan fingerprint density at radius 2 is 1.71 bits per heavy atom. The number of nitrogens with one attached hydrogen (secondary N) is 3. The standard InChI is InChI=1S/C26H27F2N7/c1-2-35-16-19(14-31-35)24-15-30-26(33-23-12-20(27)11-21(28)13-23)34-25(24)32-22-5-3-17(4-6-22)18-7-9-29-10-8-18/h3-6,11-16,18,29H,2,7-10H2,1H3,(H2,30,32,33,34). The van der Waals surface area contributed by atoms with E-state index in [1.54, 1.807) is 12.4 Å². The maximum absolute atomic E-state index is 13.6. The summed E-state index contributed by atoms with van der Waals surface area (Å²) in [6.45, 7) is 4.85. The van der Waals surface area contributed by atoms with Crippen LogP contribution in [0.4, 0.5) is 31.9 Å². The molecular formula is C26H27F2N7. The third kappa shape index (κ3) is 5.46. The number of anilines is 4. The zero-order valence-electron chi connectivity index (χ0n) is 19.4. The monoisotopic (exact) mass is 475 g/mol. The van der Waals surface area contributed by atoms with Crippen LogP contribution in [0.25, 0.3) is 11.1 Å². The Hall–Kier alpha value is -3.85. The fourth-order valence-electron chi connectivity index (χ4n) is 4.31. The van der Waals surface area contributed by atoms with Gasteiger partial charge in [0.2, 0.25) is 5.95 Å². The molecule has 0 aliphatic carbocycles. The van der Waals surface area contributed by atoms with Crippen LogP contribution >= 0.6 is 0 Å². The van der Waals surface area contributed by atoms with Gasteiger partial charge in [0.05, 0.1) is 6.20 Å². The molecule has 2 aromatic carbocycles. The third-order valence-electron chi connectivity index (χ3n) is 6.16. The minimum Gasteiger partial charge on any atom is -0.340 e. The number of hydrogen-bond donors (Lipinski definition) is 3. The molecule has 0 unspecified atom stereocenters. The van der Waals surface area contributed by atoms with Crippen LogP contribution < -0.4 is 16.0 Å². The van der Waals surface area contributed by atoms with Gasteiger partial charge in [-0.1, -0.05) is 12.1 Å². The van der Waals surface area contributed by atoms with Gasteiger partial charge in [-0.2, -0.15) is 10.1 Å². The van der Waals surface area contributed by atoms with Crippen molar-refractivity contribution in [2.75, 3.05) is 23.7 Å². The fraction of sp³-hybridized carbons (Fsp3) is 0.269. The van der Waals surface area contributed by atoms with Crippen molar-refractivity contribution in [3.8, 4) is 11.1 Å². The van der Waals surface area contributed by atoms with Gasteiger partial charge in [0.1, 0.15) is 17.5 Å². The average molecular weight is 476 g/mol. The first-order valence-corrected chi connectivity index (χ1v) is 11.8. The minimum atomic E-state index is -0.678. The number of rotatable bonds is 7. The van der Waals surface area contributed by atoms with Gasteiger partial charge < -0.3 is 16.0 Å². The zero-order valence-corrected chi connectivity index (χ0v) is 19.4. The van der Waals surface area contributed by atoms with Crippen LogP contribution in [0, 0.1) is 11.6 Å². The highest BCUT2D eigenvalue weighted by Crippen LogP contribution is 2.31. The van der Waals surface area contributed by atoms with Crippen molar-refractivity contribution in [1.29, 1.82) is 0 Å². The van der Waals surface area contributed by atoms with Crippen LogP contribution in [0.15, 0.2) is 61.1 Å². The summed E-state index contributed by atoms with van der Waals surface area (Å²) in [6, 6.07) is 11.6. The highest BCUT2D eigenvalue weighted by atomic mass is 19.1. The van der Waals surface area contributed by atoms with Crippen molar-refractivity contribution < 1.29 is 8.78 Å². The van der Waals surface area contributed by atoms with Crippen LogP contribution in [0.3, 0.4) is 0 Å². The number of benzene rings is 2. The van der Waals surface area contributed by atoms with Gasteiger partial charge in [0.25, 0.3) is 0 Å². The van der Waals surface area contributed by atoms with Gasteiger partial charge in [-0.15, -0.1) is 0 Å². The van der Waals surface area contributed by atoms with Gasteiger partial charge in [-0.3, -0.25) is 4.68 Å². The fourth-order valence-corrected chi connectivity index (χ4v) is 4.31. The van der Waals surface area contributed by atoms with Gasteiger partial charge in [-0.25, -0.2) is 13.8 Å². The molecule has 1 aliphatic rings. The summed E-state index contributed by atoms with van der Waals surface area (Å²) in [7, 11) is 0. The molecule has 9 heteroatoms. The Morgan fingerprint density at radius 3 is 2.40 bits per heavy atom. The van der Waals surface area contributed by atoms with Crippen molar-refractivity contribution in [2.45, 2.75) is 32.2 Å². The van der Waals surface area contributed by atoms with Crippen LogP contribution in [0.2, 0.25) is 0 Å². The normalized spacial score (nSPS) is 14.1. The summed E-state index contributed by atoms with van der Waals surface area (Å²) in [5.74, 6) is -0.00562. The summed E-state index contributed by atoms with van der Waals surface area (Å²) < 4.78 is 29.1. The molecule has 0 amide bonds. The molecule has 0 spiro atoms. The number of hydrogen-bond acceptors (Lipinski definition) is 6. The quantitative estimate of drug-likeness (QED) is 0.323. The molecule has 4 aromatic rings. The maximum Gasteiger partial charge on any atom is 0.229 e. The van der Waals surface area contributed by atoms with E-state index in [1.807, 2.05) is 29.9 Å². The highest BCUT2D eigenvalue weighted by Gasteiger charge is 2.16. The van der Waals surface area contributed by atoms with Crippen molar-refractivity contribution in [1.82, 2.24) is 25.1 Å². The maximum atomic E-state index is 13.6. The lowest BCUT2D eigenvalue weighted by Gasteiger charge is -2.23. The molecule has 35 heavy (non-hydrogen) atoms. The van der Waals surface area contributed by atoms with E-state index in [1.165, 1.54) is 17.7 Å². The predicted molar refractivity (Wildman–Crippen MR) is 133 cm³/mol. The summed E-state index contributed by atoms with van der Waals surface area (Å²) >= 11 is 0. The summed E-state index contributed by atoms with van der Waals surface area (Å²) in [5, 5.41) is 14.0. The topological polar surface area (TPSA) is 79.7 Å². The Balaban J connectivity index is 1.44. The Labute approximate surface area is 202 Å². The van der Waals surface area contributed by atoms with Crippen molar-refractivity contribution in [3.63, 3.8) is 0 Å². The second-order valence-corrected chi connectivity index (χ2v) is 8.60. The molecule has 1 fully saturated rings. The summed E-state index contributed by atoms with van der Waals surface area (Å²) in [6.07, 6.45) is 7.65. The Kier molecular flexibility index (Phi) is 6.67. The van der Waals surface area contributed by atoms with Gasteiger partial charge in [0.15, 0.2) is 0 Å². The first-order chi connectivity index (χ1) is 17.1. The van der Waals surface area contributed by atoms with Crippen molar-refractivity contribution >= 4 is 23.1 Å². The third-order valence-corrected chi connectivity index (χ3v) is 6.16. The van der Waals surface area contributed by atoms with E-state index < -0.39 is 11.6 Å². The molecule has 1 saturated heterocycles. The number of aryl methyl sites for hydroxylation is 1. The molecule has 0 saturated carbocycles. The van der Waals surface area contributed by atoms with Gasteiger partial charge in [-0.05, 0) is 68.6 Å². The molecule has 5 rings (SSSR count). The molecule has 0 radical (unpaired) electrons. The lowest BCUT2D eigenvalue weighted by atomic mass is 9.90. The molecule has 2 aromatic heterocycles. The molecule has 0 atom stereocenters. The largest absolute Gasteiger partial charge is 0.340 e. The smallest absolute Gasteiger partial charge is 0.229 e. The van der Waals surface area contributed by atoms with Gasteiger partial charge in [0, 0.05) is 47.5 Å². The highest BCUT2D eigenvalue weighted by molar-refractivity contribution is 5.78. The average Bonchev–Trinajstić information content (AvgIpc) is 3.34. The molecule has 3 N–H and O–H groups in total. The molecule has 3 heterocycles. The van der Waals surface area contributed by atoms with E-state index in [4.69, 9.17) is 0 Å². The van der Waals surface area contributed by atoms with E-state index >= 15 is 0 Å². The lowest BCUT2D eigenvalue weighted by Crippen LogP contribution is -2.26. The van der Waals surface area contributed by atoms with Crippen LogP contribution in [-0.4, -0.2) is 32.8 Å². The van der Waals surface area contributed by atoms with E-state index in [-0.39, 0.29) is 11.6 Å². The summed E-state index contributed by atoms with van der Waals surface area (Å²) in [4.78, 5) is 9.00.